The van der Waals surface area contributed by atoms with Crippen molar-refractivity contribution in [3.63, 3.8) is 0 Å². The van der Waals surface area contributed by atoms with Crippen LogP contribution in [0.15, 0.2) is 4.99 Å². The highest BCUT2D eigenvalue weighted by Gasteiger charge is 2.21. The number of unbranched alkanes of at least 4 members (excludes halogenated alkanes) is 1. The van der Waals surface area contributed by atoms with Gasteiger partial charge >= 0.3 is 6.09 Å². The van der Waals surface area contributed by atoms with E-state index < -0.39 is 5.60 Å². The van der Waals surface area contributed by atoms with Crippen molar-refractivity contribution in [3.05, 3.63) is 0 Å². The summed E-state index contributed by atoms with van der Waals surface area (Å²) in [4.78, 5) is 18.0. The van der Waals surface area contributed by atoms with Crippen molar-refractivity contribution in [2.45, 2.75) is 59.5 Å². The first-order valence-electron chi connectivity index (χ1n) is 7.81. The normalized spacial score (nSPS) is 11.6. The van der Waals surface area contributed by atoms with E-state index in [-0.39, 0.29) is 30.1 Å². The number of amides is 1. The van der Waals surface area contributed by atoms with Crippen LogP contribution in [0.1, 0.15) is 53.9 Å². The smallest absolute Gasteiger partial charge is 0.410 e. The lowest BCUT2D eigenvalue weighted by atomic mass is 10.2. The third-order valence-corrected chi connectivity index (χ3v) is 2.63. The summed E-state index contributed by atoms with van der Waals surface area (Å²) in [5.74, 6) is 0.434. The van der Waals surface area contributed by atoms with Crippen LogP contribution < -0.4 is 11.1 Å². The van der Waals surface area contributed by atoms with Gasteiger partial charge in [-0.3, -0.25) is 4.99 Å². The summed E-state index contributed by atoms with van der Waals surface area (Å²) in [6, 6.07) is 0. The van der Waals surface area contributed by atoms with Crippen molar-refractivity contribution in [2.75, 3.05) is 26.2 Å². The Labute approximate surface area is 152 Å². The first-order valence-corrected chi connectivity index (χ1v) is 7.81. The van der Waals surface area contributed by atoms with Gasteiger partial charge in [-0.1, -0.05) is 20.3 Å². The Kier molecular flexibility index (Phi) is 13.7. The lowest BCUT2D eigenvalue weighted by molar-refractivity contribution is 0.0253. The second kappa shape index (κ2) is 12.8. The molecule has 7 heteroatoms. The maximum atomic E-state index is 12.0. The van der Waals surface area contributed by atoms with Crippen LogP contribution in [0.4, 0.5) is 4.79 Å². The molecular weight excluding hydrogens is 395 g/mol. The van der Waals surface area contributed by atoms with Gasteiger partial charge in [-0.25, -0.2) is 4.79 Å². The monoisotopic (exact) mass is 428 g/mol. The molecule has 3 N–H and O–H groups in total. The van der Waals surface area contributed by atoms with Crippen LogP contribution in [-0.2, 0) is 4.74 Å². The van der Waals surface area contributed by atoms with Gasteiger partial charge in [-0.2, -0.15) is 0 Å². The van der Waals surface area contributed by atoms with E-state index in [1.54, 1.807) is 4.90 Å². The fourth-order valence-electron chi connectivity index (χ4n) is 1.62. The maximum absolute atomic E-state index is 12.0. The van der Waals surface area contributed by atoms with Gasteiger partial charge in [0.25, 0.3) is 0 Å². The fourth-order valence-corrected chi connectivity index (χ4v) is 1.62. The highest BCUT2D eigenvalue weighted by Crippen LogP contribution is 2.09. The Bertz CT molecular complexity index is 330. The molecule has 0 saturated carbocycles. The first-order chi connectivity index (χ1) is 9.80. The standard InChI is InChI=1S/C15H32N4O2.HI/c1-6-8-9-17-13(16)18-10-12-19(11-7-2)14(20)21-15(3,4)5;/h6-12H2,1-5H3,(H3,16,17,18);1H. The molecule has 0 atom stereocenters. The number of halogens is 1. The number of rotatable bonds is 8. The predicted molar refractivity (Wildman–Crippen MR) is 103 cm³/mol. The highest BCUT2D eigenvalue weighted by atomic mass is 127. The van der Waals surface area contributed by atoms with Gasteiger partial charge in [0.1, 0.15) is 5.60 Å². The van der Waals surface area contributed by atoms with Crippen LogP contribution in [0, 0.1) is 0 Å². The van der Waals surface area contributed by atoms with Crippen molar-refractivity contribution in [1.29, 1.82) is 0 Å². The summed E-state index contributed by atoms with van der Waals surface area (Å²) in [6.45, 7) is 12.3. The highest BCUT2D eigenvalue weighted by molar-refractivity contribution is 14.0. The second-order valence-electron chi connectivity index (χ2n) is 6.01. The van der Waals surface area contributed by atoms with E-state index >= 15 is 0 Å². The van der Waals surface area contributed by atoms with Crippen molar-refractivity contribution < 1.29 is 9.53 Å². The molecule has 0 unspecified atom stereocenters. The zero-order chi connectivity index (χ0) is 16.3. The third kappa shape index (κ3) is 13.0. The molecule has 6 nitrogen and oxygen atoms in total. The van der Waals surface area contributed by atoms with Crippen molar-refractivity contribution >= 4 is 36.0 Å². The molecule has 0 bridgehead atoms. The summed E-state index contributed by atoms with van der Waals surface area (Å²) in [6.07, 6.45) is 2.73. The van der Waals surface area contributed by atoms with Gasteiger partial charge in [-0.05, 0) is 33.6 Å². The van der Waals surface area contributed by atoms with E-state index in [2.05, 4.69) is 17.2 Å². The van der Waals surface area contributed by atoms with E-state index in [1.165, 1.54) is 0 Å². The number of aliphatic imine (C=N–C) groups is 1. The van der Waals surface area contributed by atoms with Gasteiger partial charge in [0.15, 0.2) is 5.96 Å². The number of guanidine groups is 1. The number of carbonyl (C=O) groups excluding carboxylic acids is 1. The van der Waals surface area contributed by atoms with Crippen LogP contribution in [0.3, 0.4) is 0 Å². The topological polar surface area (TPSA) is 80.0 Å². The largest absolute Gasteiger partial charge is 0.444 e. The van der Waals surface area contributed by atoms with E-state index in [0.29, 0.717) is 25.6 Å². The van der Waals surface area contributed by atoms with E-state index in [4.69, 9.17) is 10.5 Å². The quantitative estimate of drug-likeness (QED) is 0.270. The van der Waals surface area contributed by atoms with Crippen molar-refractivity contribution in [1.82, 2.24) is 10.2 Å². The van der Waals surface area contributed by atoms with Gasteiger partial charge in [0.2, 0.25) is 0 Å². The Balaban J connectivity index is 0. The van der Waals surface area contributed by atoms with Gasteiger partial charge in [0.05, 0.1) is 0 Å². The lowest BCUT2D eigenvalue weighted by Gasteiger charge is -2.27. The minimum absolute atomic E-state index is 0. The van der Waals surface area contributed by atoms with Gasteiger partial charge in [0, 0.05) is 26.2 Å². The van der Waals surface area contributed by atoms with E-state index in [9.17, 15) is 4.79 Å². The zero-order valence-electron chi connectivity index (χ0n) is 14.6. The molecular formula is C15H33IN4O2. The number of carbonyl (C=O) groups is 1. The minimum atomic E-state index is -0.475. The average Bonchev–Trinajstić information content (AvgIpc) is 2.36. The zero-order valence-corrected chi connectivity index (χ0v) is 17.0. The molecule has 0 rings (SSSR count). The predicted octanol–water partition coefficient (Wildman–Crippen LogP) is 2.96. The molecule has 0 aromatic heterocycles. The summed E-state index contributed by atoms with van der Waals surface area (Å²) in [5.41, 5.74) is 5.28. The van der Waals surface area contributed by atoms with Crippen LogP contribution in [0.2, 0.25) is 0 Å². The molecule has 0 aliphatic heterocycles. The Hall–Kier alpha value is -0.730. The Morgan fingerprint density at radius 3 is 2.36 bits per heavy atom. The number of nitrogens with two attached hydrogens (primary N) is 1. The Morgan fingerprint density at radius 1 is 1.23 bits per heavy atom. The summed E-state index contributed by atoms with van der Waals surface area (Å²) >= 11 is 0. The molecule has 0 aromatic carbocycles. The molecule has 0 spiro atoms. The fraction of sp³-hybridized carbons (Fsp3) is 0.867. The number of hydrogen-bond acceptors (Lipinski definition) is 3. The van der Waals surface area contributed by atoms with E-state index in [1.807, 2.05) is 27.7 Å². The molecule has 132 valence electrons. The number of nitrogens with zero attached hydrogens (tertiary/aromatic N) is 2. The van der Waals surface area contributed by atoms with Gasteiger partial charge in [-0.15, -0.1) is 24.0 Å². The maximum Gasteiger partial charge on any atom is 0.410 e. The number of ether oxygens (including phenoxy) is 1. The molecule has 0 aliphatic carbocycles. The van der Waals surface area contributed by atoms with E-state index in [0.717, 1.165) is 25.8 Å². The third-order valence-electron chi connectivity index (χ3n) is 2.63. The van der Waals surface area contributed by atoms with Crippen molar-refractivity contribution in [2.24, 2.45) is 10.7 Å². The molecule has 0 heterocycles. The second-order valence-corrected chi connectivity index (χ2v) is 6.01. The molecule has 0 aromatic rings. The molecule has 0 fully saturated rings. The Morgan fingerprint density at radius 2 is 1.86 bits per heavy atom. The summed E-state index contributed by atoms with van der Waals surface area (Å²) in [5, 5.41) is 3.03. The number of nitrogens with one attached hydrogen (secondary N) is 1. The summed E-state index contributed by atoms with van der Waals surface area (Å²) in [7, 11) is 0. The summed E-state index contributed by atoms with van der Waals surface area (Å²) < 4.78 is 5.39. The van der Waals surface area contributed by atoms with Crippen LogP contribution in [-0.4, -0.2) is 48.7 Å². The molecule has 0 radical (unpaired) electrons. The minimum Gasteiger partial charge on any atom is -0.444 e. The molecule has 1 amide bonds. The number of hydrogen-bond donors (Lipinski definition) is 2. The SMILES string of the molecule is CCCCN=C(N)NCCN(CCC)C(=O)OC(C)(C)C.I. The van der Waals surface area contributed by atoms with Crippen LogP contribution in [0.25, 0.3) is 0 Å². The first kappa shape index (κ1) is 23.5. The van der Waals surface area contributed by atoms with Gasteiger partial charge < -0.3 is 20.7 Å². The van der Waals surface area contributed by atoms with Crippen molar-refractivity contribution in [3.8, 4) is 0 Å². The molecule has 22 heavy (non-hydrogen) atoms. The molecule has 0 saturated heterocycles. The van der Waals surface area contributed by atoms with Crippen LogP contribution in [0.5, 0.6) is 0 Å². The lowest BCUT2D eigenvalue weighted by Crippen LogP contribution is -2.43. The average molecular weight is 428 g/mol. The molecule has 0 aliphatic rings. The van der Waals surface area contributed by atoms with Crippen LogP contribution >= 0.6 is 24.0 Å².